The third-order valence-corrected chi connectivity index (χ3v) is 3.54. The SMILES string of the molecule is CC(C)NC1CCCN(CCNS(C)(=O)=O)C1=O. The topological polar surface area (TPSA) is 78.5 Å². The minimum atomic E-state index is -3.18. The van der Waals surface area contributed by atoms with Gasteiger partial charge in [-0.2, -0.15) is 0 Å². The van der Waals surface area contributed by atoms with Crippen LogP contribution in [0.1, 0.15) is 26.7 Å². The van der Waals surface area contributed by atoms with Crippen LogP contribution in [0.15, 0.2) is 0 Å². The molecule has 0 bridgehead atoms. The minimum absolute atomic E-state index is 0.0743. The summed E-state index contributed by atoms with van der Waals surface area (Å²) in [7, 11) is -3.18. The molecule has 1 unspecified atom stereocenters. The smallest absolute Gasteiger partial charge is 0.239 e. The normalized spacial score (nSPS) is 21.7. The Hall–Kier alpha value is -0.660. The molecule has 18 heavy (non-hydrogen) atoms. The molecular weight excluding hydrogens is 254 g/mol. The van der Waals surface area contributed by atoms with Crippen molar-refractivity contribution < 1.29 is 13.2 Å². The van der Waals surface area contributed by atoms with E-state index in [1.165, 1.54) is 0 Å². The Morgan fingerprint density at radius 1 is 1.44 bits per heavy atom. The molecule has 0 aromatic carbocycles. The summed E-state index contributed by atoms with van der Waals surface area (Å²) in [5.74, 6) is 0.0743. The second-order valence-electron chi connectivity index (χ2n) is 5.01. The Labute approximate surface area is 109 Å². The van der Waals surface area contributed by atoms with E-state index in [0.717, 1.165) is 19.1 Å². The van der Waals surface area contributed by atoms with Crippen LogP contribution in [0.5, 0.6) is 0 Å². The fourth-order valence-corrected chi connectivity index (χ4v) is 2.55. The highest BCUT2D eigenvalue weighted by Gasteiger charge is 2.28. The molecule has 0 aromatic rings. The molecule has 0 spiro atoms. The number of hydrogen-bond donors (Lipinski definition) is 2. The lowest BCUT2D eigenvalue weighted by Gasteiger charge is -2.33. The summed E-state index contributed by atoms with van der Waals surface area (Å²) in [6, 6.07) is 0.144. The summed E-state index contributed by atoms with van der Waals surface area (Å²) in [6.07, 6.45) is 2.93. The van der Waals surface area contributed by atoms with Crippen LogP contribution in [-0.4, -0.2) is 57.2 Å². The predicted octanol–water partition coefficient (Wildman–Crippen LogP) is -0.475. The first-order valence-corrected chi connectivity index (χ1v) is 8.18. The van der Waals surface area contributed by atoms with Gasteiger partial charge in [-0.25, -0.2) is 13.1 Å². The van der Waals surface area contributed by atoms with E-state index in [0.29, 0.717) is 13.1 Å². The van der Waals surface area contributed by atoms with Gasteiger partial charge in [0.05, 0.1) is 12.3 Å². The van der Waals surface area contributed by atoms with Crippen molar-refractivity contribution in [2.24, 2.45) is 0 Å². The third kappa shape index (κ3) is 5.32. The molecule has 1 aliphatic heterocycles. The van der Waals surface area contributed by atoms with Gasteiger partial charge >= 0.3 is 0 Å². The fraction of sp³-hybridized carbons (Fsp3) is 0.909. The zero-order valence-corrected chi connectivity index (χ0v) is 12.1. The number of amides is 1. The van der Waals surface area contributed by atoms with Crippen molar-refractivity contribution in [3.8, 4) is 0 Å². The highest BCUT2D eigenvalue weighted by atomic mass is 32.2. The van der Waals surface area contributed by atoms with Gasteiger partial charge in [-0.1, -0.05) is 13.8 Å². The van der Waals surface area contributed by atoms with E-state index in [4.69, 9.17) is 0 Å². The van der Waals surface area contributed by atoms with Crippen LogP contribution < -0.4 is 10.0 Å². The van der Waals surface area contributed by atoms with Gasteiger partial charge in [-0.15, -0.1) is 0 Å². The third-order valence-electron chi connectivity index (χ3n) is 2.81. The molecule has 0 aromatic heterocycles. The predicted molar refractivity (Wildman–Crippen MR) is 70.7 cm³/mol. The van der Waals surface area contributed by atoms with Gasteiger partial charge in [0.15, 0.2) is 0 Å². The molecule has 1 atom stereocenters. The zero-order valence-electron chi connectivity index (χ0n) is 11.3. The molecule has 1 amide bonds. The maximum Gasteiger partial charge on any atom is 0.239 e. The Morgan fingerprint density at radius 2 is 2.11 bits per heavy atom. The van der Waals surface area contributed by atoms with Crippen LogP contribution in [0.4, 0.5) is 0 Å². The van der Waals surface area contributed by atoms with Crippen LogP contribution >= 0.6 is 0 Å². The zero-order chi connectivity index (χ0) is 13.8. The molecule has 1 rings (SSSR count). The van der Waals surface area contributed by atoms with E-state index >= 15 is 0 Å². The maximum absolute atomic E-state index is 12.1. The summed E-state index contributed by atoms with van der Waals surface area (Å²) in [6.45, 7) is 5.44. The van der Waals surface area contributed by atoms with E-state index < -0.39 is 10.0 Å². The van der Waals surface area contributed by atoms with Gasteiger partial charge in [0.25, 0.3) is 0 Å². The number of carbonyl (C=O) groups is 1. The Bertz CT molecular complexity index is 381. The maximum atomic E-state index is 12.1. The summed E-state index contributed by atoms with van der Waals surface area (Å²) in [4.78, 5) is 13.8. The van der Waals surface area contributed by atoms with Crippen molar-refractivity contribution in [1.29, 1.82) is 0 Å². The lowest BCUT2D eigenvalue weighted by atomic mass is 10.0. The number of nitrogens with one attached hydrogen (secondary N) is 2. The monoisotopic (exact) mass is 277 g/mol. The highest BCUT2D eigenvalue weighted by Crippen LogP contribution is 2.11. The van der Waals surface area contributed by atoms with Gasteiger partial charge in [0.2, 0.25) is 15.9 Å². The number of sulfonamides is 1. The first-order chi connectivity index (χ1) is 8.29. The van der Waals surface area contributed by atoms with Gasteiger partial charge in [0.1, 0.15) is 0 Å². The molecule has 7 heteroatoms. The first-order valence-electron chi connectivity index (χ1n) is 6.29. The molecule has 1 saturated heterocycles. The lowest BCUT2D eigenvalue weighted by Crippen LogP contribution is -2.53. The lowest BCUT2D eigenvalue weighted by molar-refractivity contribution is -0.136. The number of likely N-dealkylation sites (tertiary alicyclic amines) is 1. The Balaban J connectivity index is 2.43. The number of nitrogens with zero attached hydrogens (tertiary/aromatic N) is 1. The second kappa shape index (κ2) is 6.49. The number of hydrogen-bond acceptors (Lipinski definition) is 4. The molecule has 6 nitrogen and oxygen atoms in total. The number of rotatable bonds is 6. The fourth-order valence-electron chi connectivity index (χ4n) is 2.09. The quantitative estimate of drug-likeness (QED) is 0.688. The molecular formula is C11H23N3O3S. The van der Waals surface area contributed by atoms with Crippen molar-refractivity contribution in [2.75, 3.05) is 25.9 Å². The van der Waals surface area contributed by atoms with Crippen LogP contribution in [0.25, 0.3) is 0 Å². The van der Waals surface area contributed by atoms with E-state index in [1.807, 2.05) is 13.8 Å². The average molecular weight is 277 g/mol. The Kier molecular flexibility index (Phi) is 5.55. The largest absolute Gasteiger partial charge is 0.340 e. The van der Waals surface area contributed by atoms with Crippen LogP contribution in [0, 0.1) is 0 Å². The number of carbonyl (C=O) groups excluding carboxylic acids is 1. The molecule has 1 aliphatic rings. The van der Waals surface area contributed by atoms with Crippen molar-refractivity contribution in [1.82, 2.24) is 14.9 Å². The molecule has 0 aliphatic carbocycles. The van der Waals surface area contributed by atoms with Crippen molar-refractivity contribution in [3.63, 3.8) is 0 Å². The average Bonchev–Trinajstić information content (AvgIpc) is 2.21. The van der Waals surface area contributed by atoms with Crippen LogP contribution in [-0.2, 0) is 14.8 Å². The van der Waals surface area contributed by atoms with Crippen LogP contribution in [0.2, 0.25) is 0 Å². The summed E-state index contributed by atoms with van der Waals surface area (Å²) >= 11 is 0. The molecule has 1 fully saturated rings. The van der Waals surface area contributed by atoms with Crippen molar-refractivity contribution in [2.45, 2.75) is 38.8 Å². The molecule has 106 valence electrons. The number of piperidine rings is 1. The van der Waals surface area contributed by atoms with Crippen molar-refractivity contribution >= 4 is 15.9 Å². The van der Waals surface area contributed by atoms with Crippen molar-refractivity contribution in [3.05, 3.63) is 0 Å². The van der Waals surface area contributed by atoms with Crippen LogP contribution in [0.3, 0.4) is 0 Å². The minimum Gasteiger partial charge on any atom is -0.340 e. The molecule has 0 saturated carbocycles. The van der Waals surface area contributed by atoms with Gasteiger partial charge < -0.3 is 10.2 Å². The van der Waals surface area contributed by atoms with E-state index in [9.17, 15) is 13.2 Å². The van der Waals surface area contributed by atoms with E-state index in [-0.39, 0.29) is 24.5 Å². The highest BCUT2D eigenvalue weighted by molar-refractivity contribution is 7.88. The summed E-state index contributed by atoms with van der Waals surface area (Å²) in [5.41, 5.74) is 0. The second-order valence-corrected chi connectivity index (χ2v) is 6.84. The van der Waals surface area contributed by atoms with E-state index in [2.05, 4.69) is 10.0 Å². The first kappa shape index (κ1) is 15.4. The summed E-state index contributed by atoms with van der Waals surface area (Å²) < 4.78 is 24.3. The standard InChI is InChI=1S/C11H23N3O3S/c1-9(2)13-10-5-4-7-14(11(10)15)8-6-12-18(3,16)17/h9-10,12-13H,4-8H2,1-3H3. The summed E-state index contributed by atoms with van der Waals surface area (Å²) in [5, 5.41) is 3.24. The van der Waals surface area contributed by atoms with Gasteiger partial charge in [-0.05, 0) is 12.8 Å². The van der Waals surface area contributed by atoms with Gasteiger partial charge in [-0.3, -0.25) is 4.79 Å². The Morgan fingerprint density at radius 3 is 2.67 bits per heavy atom. The molecule has 0 radical (unpaired) electrons. The molecule has 1 heterocycles. The van der Waals surface area contributed by atoms with E-state index in [1.54, 1.807) is 4.90 Å². The molecule has 2 N–H and O–H groups in total. The van der Waals surface area contributed by atoms with Gasteiger partial charge in [0, 0.05) is 25.7 Å².